The maximum Gasteiger partial charge on any atom is 0.140 e. The number of rotatable bonds is 6. The first-order valence-electron chi connectivity index (χ1n) is 4.78. The van der Waals surface area contributed by atoms with Crippen LogP contribution in [0.4, 0.5) is 5.82 Å². The van der Waals surface area contributed by atoms with E-state index in [1.807, 2.05) is 6.07 Å². The van der Waals surface area contributed by atoms with Gasteiger partial charge in [0.05, 0.1) is 4.47 Å². The molecule has 0 aliphatic carbocycles. The maximum atomic E-state index is 4.97. The summed E-state index contributed by atoms with van der Waals surface area (Å²) in [5.41, 5.74) is 0. The first-order chi connectivity index (χ1) is 7.24. The van der Waals surface area contributed by atoms with Gasteiger partial charge >= 0.3 is 0 Å². The lowest BCUT2D eigenvalue weighted by molar-refractivity contribution is 0.194. The summed E-state index contributed by atoms with van der Waals surface area (Å²) >= 11 is 6.81. The van der Waals surface area contributed by atoms with E-state index >= 15 is 0 Å². The normalized spacial score (nSPS) is 10.3. The third-order valence-electron chi connectivity index (χ3n) is 1.88. The second-order valence-electron chi connectivity index (χ2n) is 3.11. The van der Waals surface area contributed by atoms with Gasteiger partial charge in [-0.25, -0.2) is 4.98 Å². The molecule has 5 heteroatoms. The molecule has 3 nitrogen and oxygen atoms in total. The van der Waals surface area contributed by atoms with Crippen molar-refractivity contribution in [1.29, 1.82) is 0 Å². The van der Waals surface area contributed by atoms with E-state index in [9.17, 15) is 0 Å². The van der Waals surface area contributed by atoms with Crippen LogP contribution >= 0.6 is 31.9 Å². The fourth-order valence-electron chi connectivity index (χ4n) is 1.12. The number of anilines is 1. The summed E-state index contributed by atoms with van der Waals surface area (Å²) in [4.78, 5) is 4.26. The van der Waals surface area contributed by atoms with E-state index in [2.05, 4.69) is 42.2 Å². The van der Waals surface area contributed by atoms with Crippen molar-refractivity contribution in [3.63, 3.8) is 0 Å². The van der Waals surface area contributed by atoms with E-state index in [1.54, 1.807) is 13.3 Å². The quantitative estimate of drug-likeness (QED) is 0.807. The number of halogens is 2. The summed E-state index contributed by atoms with van der Waals surface area (Å²) in [6.45, 7) is 1.73. The SMILES string of the molecule is COCCCCNc1ncc(Br)cc1Br. The van der Waals surface area contributed by atoms with Crippen molar-refractivity contribution in [3.05, 3.63) is 21.2 Å². The number of aromatic nitrogens is 1. The van der Waals surface area contributed by atoms with Crippen LogP contribution in [0.3, 0.4) is 0 Å². The Hall–Kier alpha value is -0.130. The summed E-state index contributed by atoms with van der Waals surface area (Å²) in [6, 6.07) is 1.98. The Kier molecular flexibility index (Phi) is 6.20. The van der Waals surface area contributed by atoms with Gasteiger partial charge in [0, 0.05) is 30.9 Å². The van der Waals surface area contributed by atoms with Crippen molar-refractivity contribution in [2.45, 2.75) is 12.8 Å². The highest BCUT2D eigenvalue weighted by molar-refractivity contribution is 9.11. The number of nitrogens with one attached hydrogen (secondary N) is 1. The van der Waals surface area contributed by atoms with E-state index in [0.29, 0.717) is 0 Å². The molecule has 0 atom stereocenters. The molecule has 1 heterocycles. The molecule has 1 N–H and O–H groups in total. The topological polar surface area (TPSA) is 34.1 Å². The largest absolute Gasteiger partial charge is 0.385 e. The van der Waals surface area contributed by atoms with Crippen LogP contribution in [-0.2, 0) is 4.74 Å². The predicted molar refractivity (Wildman–Crippen MR) is 69.2 cm³/mol. The number of pyridine rings is 1. The molecule has 0 unspecified atom stereocenters. The number of nitrogens with zero attached hydrogens (tertiary/aromatic N) is 1. The van der Waals surface area contributed by atoms with Crippen LogP contribution in [0.5, 0.6) is 0 Å². The summed E-state index contributed by atoms with van der Waals surface area (Å²) < 4.78 is 6.92. The minimum absolute atomic E-state index is 0.816. The number of hydrogen-bond donors (Lipinski definition) is 1. The second-order valence-corrected chi connectivity index (χ2v) is 4.88. The first kappa shape index (κ1) is 12.9. The molecule has 0 bridgehead atoms. The van der Waals surface area contributed by atoms with Gasteiger partial charge in [-0.3, -0.25) is 0 Å². The Morgan fingerprint density at radius 2 is 2.20 bits per heavy atom. The number of unbranched alkanes of at least 4 members (excludes halogenated alkanes) is 1. The molecule has 0 aliphatic heterocycles. The Labute approximate surface area is 107 Å². The zero-order valence-electron chi connectivity index (χ0n) is 8.59. The summed E-state index contributed by atoms with van der Waals surface area (Å²) in [5, 5.41) is 3.26. The lowest BCUT2D eigenvalue weighted by Crippen LogP contribution is -2.05. The number of methoxy groups -OCH3 is 1. The van der Waals surface area contributed by atoms with Gasteiger partial charge in [-0.1, -0.05) is 0 Å². The average molecular weight is 338 g/mol. The fourth-order valence-corrected chi connectivity index (χ4v) is 2.25. The van der Waals surface area contributed by atoms with Gasteiger partial charge in [-0.05, 0) is 50.8 Å². The van der Waals surface area contributed by atoms with Crippen molar-refractivity contribution in [2.75, 3.05) is 25.6 Å². The third kappa shape index (κ3) is 4.95. The Balaban J connectivity index is 2.31. The van der Waals surface area contributed by atoms with Crippen LogP contribution in [-0.4, -0.2) is 25.2 Å². The first-order valence-corrected chi connectivity index (χ1v) is 6.36. The number of hydrogen-bond acceptors (Lipinski definition) is 3. The molecule has 0 aliphatic rings. The fraction of sp³-hybridized carbons (Fsp3) is 0.500. The van der Waals surface area contributed by atoms with Crippen LogP contribution in [0.25, 0.3) is 0 Å². The molecule has 0 spiro atoms. The van der Waals surface area contributed by atoms with Gasteiger partial charge in [-0.2, -0.15) is 0 Å². The van der Waals surface area contributed by atoms with E-state index in [0.717, 1.165) is 40.8 Å². The summed E-state index contributed by atoms with van der Waals surface area (Å²) in [6.07, 6.45) is 3.93. The molecular formula is C10H14Br2N2O. The molecular weight excluding hydrogens is 324 g/mol. The van der Waals surface area contributed by atoms with E-state index in [4.69, 9.17) is 4.74 Å². The molecule has 0 saturated heterocycles. The van der Waals surface area contributed by atoms with Crippen molar-refractivity contribution < 1.29 is 4.74 Å². The molecule has 15 heavy (non-hydrogen) atoms. The summed E-state index contributed by atoms with van der Waals surface area (Å²) in [5.74, 6) is 0.885. The highest BCUT2D eigenvalue weighted by Gasteiger charge is 2.00. The zero-order valence-corrected chi connectivity index (χ0v) is 11.8. The molecule has 1 aromatic heterocycles. The van der Waals surface area contributed by atoms with E-state index < -0.39 is 0 Å². The third-order valence-corrected chi connectivity index (χ3v) is 2.91. The smallest absolute Gasteiger partial charge is 0.140 e. The molecule has 0 radical (unpaired) electrons. The van der Waals surface area contributed by atoms with Gasteiger partial charge in [-0.15, -0.1) is 0 Å². The van der Waals surface area contributed by atoms with Crippen molar-refractivity contribution >= 4 is 37.7 Å². The van der Waals surface area contributed by atoms with Gasteiger partial charge in [0.1, 0.15) is 5.82 Å². The summed E-state index contributed by atoms with van der Waals surface area (Å²) in [7, 11) is 1.72. The number of ether oxygens (including phenoxy) is 1. The Morgan fingerprint density at radius 1 is 1.40 bits per heavy atom. The highest BCUT2D eigenvalue weighted by atomic mass is 79.9. The molecule has 0 fully saturated rings. The standard InChI is InChI=1S/C10H14Br2N2O/c1-15-5-3-2-4-13-10-9(12)6-8(11)7-14-10/h6-7H,2-5H2,1H3,(H,13,14). The van der Waals surface area contributed by atoms with Gasteiger partial charge in [0.15, 0.2) is 0 Å². The molecule has 1 rings (SSSR count). The van der Waals surface area contributed by atoms with E-state index in [-0.39, 0.29) is 0 Å². The van der Waals surface area contributed by atoms with Gasteiger partial charge in [0.25, 0.3) is 0 Å². The van der Waals surface area contributed by atoms with Crippen LogP contribution in [0.2, 0.25) is 0 Å². The molecule has 0 amide bonds. The lowest BCUT2D eigenvalue weighted by atomic mass is 10.3. The van der Waals surface area contributed by atoms with Crippen molar-refractivity contribution in [1.82, 2.24) is 4.98 Å². The molecule has 0 saturated carbocycles. The van der Waals surface area contributed by atoms with Crippen LogP contribution < -0.4 is 5.32 Å². The van der Waals surface area contributed by atoms with Crippen LogP contribution in [0.1, 0.15) is 12.8 Å². The molecule has 1 aromatic rings. The second kappa shape index (κ2) is 7.19. The van der Waals surface area contributed by atoms with E-state index in [1.165, 1.54) is 0 Å². The predicted octanol–water partition coefficient (Wildman–Crippen LogP) is 3.45. The van der Waals surface area contributed by atoms with Gasteiger partial charge < -0.3 is 10.1 Å². The minimum atomic E-state index is 0.816. The Bertz CT molecular complexity index is 307. The van der Waals surface area contributed by atoms with Crippen molar-refractivity contribution in [3.8, 4) is 0 Å². The maximum absolute atomic E-state index is 4.97. The van der Waals surface area contributed by atoms with Crippen molar-refractivity contribution in [2.24, 2.45) is 0 Å². The monoisotopic (exact) mass is 336 g/mol. The van der Waals surface area contributed by atoms with Crippen LogP contribution in [0, 0.1) is 0 Å². The lowest BCUT2D eigenvalue weighted by Gasteiger charge is -2.07. The van der Waals surface area contributed by atoms with Crippen LogP contribution in [0.15, 0.2) is 21.2 Å². The zero-order chi connectivity index (χ0) is 11.1. The average Bonchev–Trinajstić information content (AvgIpc) is 2.20. The highest BCUT2D eigenvalue weighted by Crippen LogP contribution is 2.23. The molecule has 0 aromatic carbocycles. The minimum Gasteiger partial charge on any atom is -0.385 e. The van der Waals surface area contributed by atoms with Gasteiger partial charge in [0.2, 0.25) is 0 Å². The molecule has 84 valence electrons. The Morgan fingerprint density at radius 3 is 2.87 bits per heavy atom.